The van der Waals surface area contributed by atoms with E-state index in [0.29, 0.717) is 11.4 Å². The minimum absolute atomic E-state index is 0.0188. The van der Waals surface area contributed by atoms with Crippen LogP contribution in [0.15, 0.2) is 48.5 Å². The van der Waals surface area contributed by atoms with E-state index in [4.69, 9.17) is 9.47 Å². The van der Waals surface area contributed by atoms with E-state index < -0.39 is 0 Å². The van der Waals surface area contributed by atoms with Gasteiger partial charge in [0.2, 0.25) is 0 Å². The van der Waals surface area contributed by atoms with Crippen molar-refractivity contribution in [2.75, 3.05) is 19.0 Å². The van der Waals surface area contributed by atoms with Crippen molar-refractivity contribution in [3.05, 3.63) is 54.1 Å². The Morgan fingerprint density at radius 3 is 2.20 bits per heavy atom. The van der Waals surface area contributed by atoms with Crippen LogP contribution in [0.1, 0.15) is 5.56 Å². The van der Waals surface area contributed by atoms with Gasteiger partial charge in [-0.1, -0.05) is 17.7 Å². The predicted molar refractivity (Wildman–Crippen MR) is 78.3 cm³/mol. The van der Waals surface area contributed by atoms with Crippen LogP contribution in [-0.4, -0.2) is 19.6 Å². The molecule has 0 unspecified atom stereocenters. The van der Waals surface area contributed by atoms with Crippen LogP contribution in [0.25, 0.3) is 0 Å². The van der Waals surface area contributed by atoms with Crippen molar-refractivity contribution >= 4 is 11.6 Å². The van der Waals surface area contributed by atoms with Gasteiger partial charge in [-0.25, -0.2) is 0 Å². The number of amides is 1. The Bertz CT molecular complexity index is 561. The smallest absolute Gasteiger partial charge is 0.262 e. The average molecular weight is 271 g/mol. The van der Waals surface area contributed by atoms with Gasteiger partial charge in [0.1, 0.15) is 11.5 Å². The van der Waals surface area contributed by atoms with Gasteiger partial charge in [0.15, 0.2) is 6.61 Å². The van der Waals surface area contributed by atoms with Gasteiger partial charge in [-0.2, -0.15) is 0 Å². The molecule has 104 valence electrons. The van der Waals surface area contributed by atoms with Crippen LogP contribution in [0.5, 0.6) is 11.5 Å². The topological polar surface area (TPSA) is 47.6 Å². The molecule has 1 N–H and O–H groups in total. The molecule has 0 spiro atoms. The maximum atomic E-state index is 11.7. The lowest BCUT2D eigenvalue weighted by molar-refractivity contribution is -0.118. The van der Waals surface area contributed by atoms with Gasteiger partial charge in [-0.05, 0) is 43.3 Å². The lowest BCUT2D eigenvalue weighted by atomic mass is 10.2. The second kappa shape index (κ2) is 6.61. The molecule has 20 heavy (non-hydrogen) atoms. The van der Waals surface area contributed by atoms with Gasteiger partial charge in [0.25, 0.3) is 5.91 Å². The average Bonchev–Trinajstić information content (AvgIpc) is 2.47. The van der Waals surface area contributed by atoms with Gasteiger partial charge >= 0.3 is 0 Å². The summed E-state index contributed by atoms with van der Waals surface area (Å²) in [5.41, 5.74) is 1.86. The summed E-state index contributed by atoms with van der Waals surface area (Å²) in [6, 6.07) is 14.7. The number of carbonyl (C=O) groups is 1. The molecule has 2 aromatic rings. The molecule has 0 atom stereocenters. The Morgan fingerprint density at radius 1 is 1.00 bits per heavy atom. The number of carbonyl (C=O) groups excluding carboxylic acids is 1. The van der Waals surface area contributed by atoms with E-state index in [2.05, 4.69) is 5.32 Å². The third kappa shape index (κ3) is 4.02. The van der Waals surface area contributed by atoms with Gasteiger partial charge in [-0.3, -0.25) is 4.79 Å². The SMILES string of the molecule is COc1ccc(NC(=O)COc2ccc(C)cc2)cc1. The predicted octanol–water partition coefficient (Wildman–Crippen LogP) is 3.02. The van der Waals surface area contributed by atoms with Crippen LogP contribution < -0.4 is 14.8 Å². The molecule has 2 rings (SSSR count). The molecule has 0 aliphatic carbocycles. The molecule has 0 aliphatic heterocycles. The molecule has 0 heterocycles. The summed E-state index contributed by atoms with van der Waals surface area (Å²) in [5, 5.41) is 2.76. The molecule has 1 amide bonds. The van der Waals surface area contributed by atoms with Gasteiger partial charge in [-0.15, -0.1) is 0 Å². The van der Waals surface area contributed by atoms with Crippen LogP contribution >= 0.6 is 0 Å². The highest BCUT2D eigenvalue weighted by Gasteiger charge is 2.03. The summed E-state index contributed by atoms with van der Waals surface area (Å²) >= 11 is 0. The van der Waals surface area contributed by atoms with Gasteiger partial charge in [0, 0.05) is 5.69 Å². The zero-order valence-electron chi connectivity index (χ0n) is 11.6. The third-order valence-electron chi connectivity index (χ3n) is 2.76. The Morgan fingerprint density at radius 2 is 1.60 bits per heavy atom. The zero-order chi connectivity index (χ0) is 14.4. The normalized spacial score (nSPS) is 9.90. The molecule has 0 saturated carbocycles. The van der Waals surface area contributed by atoms with Crippen molar-refractivity contribution in [1.82, 2.24) is 0 Å². The summed E-state index contributed by atoms with van der Waals surface area (Å²) in [6.45, 7) is 1.98. The number of benzene rings is 2. The van der Waals surface area contributed by atoms with Crippen LogP contribution in [-0.2, 0) is 4.79 Å². The van der Waals surface area contributed by atoms with Crippen molar-refractivity contribution in [3.63, 3.8) is 0 Å². The molecule has 0 radical (unpaired) electrons. The highest BCUT2D eigenvalue weighted by molar-refractivity contribution is 5.91. The molecule has 0 fully saturated rings. The van der Waals surface area contributed by atoms with E-state index in [1.165, 1.54) is 0 Å². The van der Waals surface area contributed by atoms with Crippen LogP contribution in [0.3, 0.4) is 0 Å². The minimum atomic E-state index is -0.198. The number of ether oxygens (including phenoxy) is 2. The first kappa shape index (κ1) is 13.9. The van der Waals surface area contributed by atoms with E-state index in [1.54, 1.807) is 31.4 Å². The van der Waals surface area contributed by atoms with Crippen LogP contribution in [0.2, 0.25) is 0 Å². The quantitative estimate of drug-likeness (QED) is 0.909. The summed E-state index contributed by atoms with van der Waals surface area (Å²) in [5.74, 6) is 1.23. The molecular formula is C16H17NO3. The van der Waals surface area contributed by atoms with Crippen molar-refractivity contribution in [2.24, 2.45) is 0 Å². The van der Waals surface area contributed by atoms with Gasteiger partial charge in [0.05, 0.1) is 7.11 Å². The summed E-state index contributed by atoms with van der Waals surface area (Å²) in [6.07, 6.45) is 0. The van der Waals surface area contributed by atoms with E-state index in [0.717, 1.165) is 11.3 Å². The van der Waals surface area contributed by atoms with E-state index >= 15 is 0 Å². The van der Waals surface area contributed by atoms with Gasteiger partial charge < -0.3 is 14.8 Å². The molecular weight excluding hydrogens is 254 g/mol. The molecule has 0 aliphatic rings. The summed E-state index contributed by atoms with van der Waals surface area (Å²) < 4.78 is 10.5. The summed E-state index contributed by atoms with van der Waals surface area (Å²) in [7, 11) is 1.60. The van der Waals surface area contributed by atoms with Crippen molar-refractivity contribution < 1.29 is 14.3 Å². The standard InChI is InChI=1S/C16H17NO3/c1-12-3-7-15(8-4-12)20-11-16(18)17-13-5-9-14(19-2)10-6-13/h3-10H,11H2,1-2H3,(H,17,18). The van der Waals surface area contributed by atoms with E-state index in [9.17, 15) is 4.79 Å². The lowest BCUT2D eigenvalue weighted by Gasteiger charge is -2.08. The fourth-order valence-corrected chi connectivity index (χ4v) is 1.65. The maximum Gasteiger partial charge on any atom is 0.262 e. The Hall–Kier alpha value is -2.49. The highest BCUT2D eigenvalue weighted by Crippen LogP contribution is 2.15. The number of aryl methyl sites for hydroxylation is 1. The molecule has 2 aromatic carbocycles. The van der Waals surface area contributed by atoms with Crippen LogP contribution in [0, 0.1) is 6.92 Å². The first-order chi connectivity index (χ1) is 9.67. The van der Waals surface area contributed by atoms with Crippen LogP contribution in [0.4, 0.5) is 5.69 Å². The molecule has 4 heteroatoms. The Balaban J connectivity index is 1.84. The number of hydrogen-bond acceptors (Lipinski definition) is 3. The number of methoxy groups -OCH3 is 1. The first-order valence-electron chi connectivity index (χ1n) is 6.31. The third-order valence-corrected chi connectivity index (χ3v) is 2.76. The van der Waals surface area contributed by atoms with Crippen molar-refractivity contribution in [2.45, 2.75) is 6.92 Å². The minimum Gasteiger partial charge on any atom is -0.497 e. The van der Waals surface area contributed by atoms with Crippen molar-refractivity contribution in [1.29, 1.82) is 0 Å². The first-order valence-corrected chi connectivity index (χ1v) is 6.31. The fraction of sp³-hybridized carbons (Fsp3) is 0.188. The molecule has 0 saturated heterocycles. The number of hydrogen-bond donors (Lipinski definition) is 1. The molecule has 4 nitrogen and oxygen atoms in total. The monoisotopic (exact) mass is 271 g/mol. The highest BCUT2D eigenvalue weighted by atomic mass is 16.5. The maximum absolute atomic E-state index is 11.7. The van der Waals surface area contributed by atoms with E-state index in [-0.39, 0.29) is 12.5 Å². The largest absolute Gasteiger partial charge is 0.497 e. The number of rotatable bonds is 5. The Kier molecular flexibility index (Phi) is 4.60. The second-order valence-corrected chi connectivity index (χ2v) is 4.38. The fourth-order valence-electron chi connectivity index (χ4n) is 1.65. The lowest BCUT2D eigenvalue weighted by Crippen LogP contribution is -2.20. The Labute approximate surface area is 118 Å². The van der Waals surface area contributed by atoms with E-state index in [1.807, 2.05) is 31.2 Å². The zero-order valence-corrected chi connectivity index (χ0v) is 11.6. The second-order valence-electron chi connectivity index (χ2n) is 4.38. The number of nitrogens with one attached hydrogen (secondary N) is 1. The number of anilines is 1. The summed E-state index contributed by atoms with van der Waals surface area (Å²) in [4.78, 5) is 11.7. The molecule has 0 aromatic heterocycles. The molecule has 0 bridgehead atoms. The van der Waals surface area contributed by atoms with Crippen molar-refractivity contribution in [3.8, 4) is 11.5 Å².